The zero-order chi connectivity index (χ0) is 11.7. The van der Waals surface area contributed by atoms with Crippen LogP contribution in [0, 0.1) is 17.8 Å². The van der Waals surface area contributed by atoms with E-state index in [1.54, 1.807) is 0 Å². The first-order valence-corrected chi connectivity index (χ1v) is 7.00. The molecular formula is C14H27NO. The molecular weight excluding hydrogens is 198 g/mol. The van der Waals surface area contributed by atoms with E-state index in [9.17, 15) is 0 Å². The molecule has 0 amide bonds. The fourth-order valence-electron chi connectivity index (χ4n) is 3.82. The van der Waals surface area contributed by atoms with Crippen molar-refractivity contribution in [1.29, 1.82) is 0 Å². The van der Waals surface area contributed by atoms with Gasteiger partial charge in [-0.1, -0.05) is 32.6 Å². The maximum absolute atomic E-state index is 6.42. The highest BCUT2D eigenvalue weighted by Crippen LogP contribution is 2.37. The first-order valence-electron chi connectivity index (χ1n) is 7.00. The van der Waals surface area contributed by atoms with Crippen molar-refractivity contribution in [3.05, 3.63) is 0 Å². The van der Waals surface area contributed by atoms with Crippen LogP contribution in [-0.4, -0.2) is 18.2 Å². The van der Waals surface area contributed by atoms with Gasteiger partial charge in [-0.2, -0.15) is 0 Å². The van der Waals surface area contributed by atoms with E-state index in [0.717, 1.165) is 5.92 Å². The minimum atomic E-state index is 0.345. The van der Waals surface area contributed by atoms with Crippen LogP contribution in [0.15, 0.2) is 0 Å². The largest absolute Gasteiger partial charge is 0.375 e. The molecule has 1 saturated carbocycles. The minimum absolute atomic E-state index is 0.345. The Morgan fingerprint density at radius 3 is 2.25 bits per heavy atom. The van der Waals surface area contributed by atoms with E-state index >= 15 is 0 Å². The van der Waals surface area contributed by atoms with Gasteiger partial charge in [0.2, 0.25) is 0 Å². The molecule has 0 aromatic rings. The quantitative estimate of drug-likeness (QED) is 0.801. The molecule has 1 aliphatic heterocycles. The monoisotopic (exact) mass is 225 g/mol. The Hall–Kier alpha value is -0.0800. The second-order valence-electron chi connectivity index (χ2n) is 6.03. The molecule has 1 aliphatic carbocycles. The molecule has 2 nitrogen and oxygen atoms in total. The van der Waals surface area contributed by atoms with Crippen LogP contribution in [0.2, 0.25) is 0 Å². The minimum Gasteiger partial charge on any atom is -0.375 e. The van der Waals surface area contributed by atoms with Crippen molar-refractivity contribution >= 4 is 0 Å². The van der Waals surface area contributed by atoms with Crippen LogP contribution >= 0.6 is 0 Å². The van der Waals surface area contributed by atoms with Crippen molar-refractivity contribution < 1.29 is 4.74 Å². The van der Waals surface area contributed by atoms with Crippen LogP contribution in [-0.2, 0) is 4.74 Å². The maximum atomic E-state index is 6.42. The summed E-state index contributed by atoms with van der Waals surface area (Å²) in [7, 11) is 0. The van der Waals surface area contributed by atoms with Gasteiger partial charge in [-0.3, -0.25) is 0 Å². The molecule has 1 saturated heterocycles. The summed E-state index contributed by atoms with van der Waals surface area (Å²) < 4.78 is 5.89. The topological polar surface area (TPSA) is 35.2 Å². The molecule has 16 heavy (non-hydrogen) atoms. The predicted molar refractivity (Wildman–Crippen MR) is 67.2 cm³/mol. The number of hydrogen-bond donors (Lipinski definition) is 1. The molecule has 1 heterocycles. The van der Waals surface area contributed by atoms with Crippen molar-refractivity contribution in [2.24, 2.45) is 23.5 Å². The molecule has 0 aromatic carbocycles. The lowest BCUT2D eigenvalue weighted by Crippen LogP contribution is -2.38. The van der Waals surface area contributed by atoms with Crippen molar-refractivity contribution in [3.63, 3.8) is 0 Å². The lowest BCUT2D eigenvalue weighted by Gasteiger charge is -2.27. The second-order valence-corrected chi connectivity index (χ2v) is 6.03. The lowest BCUT2D eigenvalue weighted by molar-refractivity contribution is 0.0482. The number of nitrogens with two attached hydrogens (primary N) is 1. The zero-order valence-electron chi connectivity index (χ0n) is 11.0. The zero-order valence-corrected chi connectivity index (χ0v) is 11.0. The molecule has 94 valence electrons. The third kappa shape index (κ3) is 2.43. The lowest BCUT2D eigenvalue weighted by atomic mass is 9.80. The Bertz CT molecular complexity index is 225. The molecule has 2 rings (SSSR count). The fourth-order valence-corrected chi connectivity index (χ4v) is 3.82. The summed E-state index contributed by atoms with van der Waals surface area (Å²) >= 11 is 0. The Labute approximate surface area is 99.9 Å². The standard InChI is InChI=1S/C14H27NO/c1-9-10(2)16-11(3)14(9)13(15)8-12-6-4-5-7-12/h9-14H,4-8,15H2,1-3H3. The first-order chi connectivity index (χ1) is 7.59. The molecule has 0 radical (unpaired) electrons. The van der Waals surface area contributed by atoms with Gasteiger partial charge in [0.05, 0.1) is 12.2 Å². The van der Waals surface area contributed by atoms with Crippen molar-refractivity contribution in [3.8, 4) is 0 Å². The van der Waals surface area contributed by atoms with E-state index in [-0.39, 0.29) is 0 Å². The average molecular weight is 225 g/mol. The van der Waals surface area contributed by atoms with Crippen molar-refractivity contribution in [1.82, 2.24) is 0 Å². The molecule has 2 aliphatic rings. The van der Waals surface area contributed by atoms with Crippen molar-refractivity contribution in [2.75, 3.05) is 0 Å². The van der Waals surface area contributed by atoms with Gasteiger partial charge >= 0.3 is 0 Å². The van der Waals surface area contributed by atoms with E-state index in [4.69, 9.17) is 10.5 Å². The van der Waals surface area contributed by atoms with Gasteiger partial charge in [-0.05, 0) is 32.1 Å². The molecule has 2 fully saturated rings. The highest BCUT2D eigenvalue weighted by atomic mass is 16.5. The predicted octanol–water partition coefficient (Wildman–Crippen LogP) is 2.95. The van der Waals surface area contributed by atoms with Gasteiger partial charge in [0.1, 0.15) is 0 Å². The van der Waals surface area contributed by atoms with Crippen LogP contribution < -0.4 is 5.73 Å². The van der Waals surface area contributed by atoms with Crippen LogP contribution in [0.5, 0.6) is 0 Å². The molecule has 0 aromatic heterocycles. The molecule has 2 N–H and O–H groups in total. The Balaban J connectivity index is 1.90. The normalized spacial score (nSPS) is 42.8. The highest BCUT2D eigenvalue weighted by molar-refractivity contribution is 4.91. The molecule has 2 heteroatoms. The third-order valence-electron chi connectivity index (χ3n) is 4.89. The summed E-state index contributed by atoms with van der Waals surface area (Å²) in [5.74, 6) is 2.08. The summed E-state index contributed by atoms with van der Waals surface area (Å²) in [6.07, 6.45) is 7.59. The first kappa shape index (κ1) is 12.4. The fraction of sp³-hybridized carbons (Fsp3) is 1.00. The number of ether oxygens (including phenoxy) is 1. The van der Waals surface area contributed by atoms with Crippen LogP contribution in [0.25, 0.3) is 0 Å². The molecule has 5 atom stereocenters. The highest BCUT2D eigenvalue weighted by Gasteiger charge is 2.40. The summed E-state index contributed by atoms with van der Waals surface area (Å²) in [5.41, 5.74) is 6.42. The van der Waals surface area contributed by atoms with Gasteiger partial charge < -0.3 is 10.5 Å². The van der Waals surface area contributed by atoms with E-state index in [2.05, 4.69) is 20.8 Å². The number of hydrogen-bond acceptors (Lipinski definition) is 2. The Morgan fingerprint density at radius 2 is 1.75 bits per heavy atom. The second kappa shape index (κ2) is 5.05. The summed E-state index contributed by atoms with van der Waals surface area (Å²) in [5, 5.41) is 0. The smallest absolute Gasteiger partial charge is 0.0597 e. The molecule has 0 spiro atoms. The average Bonchev–Trinajstić information content (AvgIpc) is 2.77. The summed E-state index contributed by atoms with van der Waals surface area (Å²) in [6, 6.07) is 0.345. The van der Waals surface area contributed by atoms with E-state index in [0.29, 0.717) is 30.1 Å². The van der Waals surface area contributed by atoms with Gasteiger partial charge in [-0.25, -0.2) is 0 Å². The summed E-state index contributed by atoms with van der Waals surface area (Å²) in [4.78, 5) is 0. The van der Waals surface area contributed by atoms with E-state index < -0.39 is 0 Å². The third-order valence-corrected chi connectivity index (χ3v) is 4.89. The maximum Gasteiger partial charge on any atom is 0.0597 e. The van der Waals surface area contributed by atoms with Gasteiger partial charge in [0, 0.05) is 12.0 Å². The van der Waals surface area contributed by atoms with E-state index in [1.807, 2.05) is 0 Å². The summed E-state index contributed by atoms with van der Waals surface area (Å²) in [6.45, 7) is 6.68. The molecule has 0 bridgehead atoms. The van der Waals surface area contributed by atoms with Gasteiger partial charge in [-0.15, -0.1) is 0 Å². The number of rotatable bonds is 3. The van der Waals surface area contributed by atoms with Crippen molar-refractivity contribution in [2.45, 2.75) is 71.1 Å². The SMILES string of the molecule is CC1OC(C)C(C(N)CC2CCCC2)C1C. The molecule has 5 unspecified atom stereocenters. The Morgan fingerprint density at radius 1 is 1.12 bits per heavy atom. The van der Waals surface area contributed by atoms with E-state index in [1.165, 1.54) is 32.1 Å². The Kier molecular flexibility index (Phi) is 3.91. The van der Waals surface area contributed by atoms with Crippen LogP contribution in [0.1, 0.15) is 52.9 Å². The van der Waals surface area contributed by atoms with Crippen LogP contribution in [0.3, 0.4) is 0 Å². The van der Waals surface area contributed by atoms with Gasteiger partial charge in [0.25, 0.3) is 0 Å². The van der Waals surface area contributed by atoms with Gasteiger partial charge in [0.15, 0.2) is 0 Å². The van der Waals surface area contributed by atoms with Crippen LogP contribution in [0.4, 0.5) is 0 Å².